The average molecular weight is 296 g/mol. The number of nitriles is 1. The fraction of sp³-hybridized carbons (Fsp3) is 0.571. The second-order valence-corrected chi connectivity index (χ2v) is 5.19. The molecule has 0 spiro atoms. The van der Waals surface area contributed by atoms with Crippen molar-refractivity contribution in [2.45, 2.75) is 6.42 Å². The first kappa shape index (κ1) is 15.0. The van der Waals surface area contributed by atoms with Gasteiger partial charge in [0.1, 0.15) is 11.9 Å². The molecule has 1 aromatic rings. The Labute approximate surface area is 124 Å². The number of anilines is 1. The zero-order valence-electron chi connectivity index (χ0n) is 11.5. The third kappa shape index (κ3) is 3.83. The van der Waals surface area contributed by atoms with Crippen LogP contribution in [-0.2, 0) is 9.47 Å². The molecule has 0 radical (unpaired) electrons. The van der Waals surface area contributed by atoms with Crippen molar-refractivity contribution in [3.63, 3.8) is 0 Å². The number of nitrogens with zero attached hydrogens (tertiary/aromatic N) is 3. The highest BCUT2D eigenvalue weighted by molar-refractivity contribution is 6.31. The van der Waals surface area contributed by atoms with Gasteiger partial charge in [-0.05, 0) is 18.6 Å². The van der Waals surface area contributed by atoms with Crippen molar-refractivity contribution in [2.75, 3.05) is 44.9 Å². The zero-order chi connectivity index (χ0) is 14.4. The molecule has 1 unspecified atom stereocenters. The standard InChI is InChI=1S/C14H18ClN3O2/c1-19-6-7-20-10-11-4-5-18(9-11)14-3-2-12(15)13(8-16)17-14/h2-3,11H,4-7,9-10H2,1H3. The van der Waals surface area contributed by atoms with Gasteiger partial charge in [0.15, 0.2) is 5.69 Å². The van der Waals surface area contributed by atoms with Crippen LogP contribution in [0.1, 0.15) is 12.1 Å². The number of halogens is 1. The number of hydrogen-bond acceptors (Lipinski definition) is 5. The first-order valence-corrected chi connectivity index (χ1v) is 7.00. The van der Waals surface area contributed by atoms with E-state index < -0.39 is 0 Å². The van der Waals surface area contributed by atoms with E-state index in [1.54, 1.807) is 13.2 Å². The van der Waals surface area contributed by atoms with Gasteiger partial charge in [-0.15, -0.1) is 0 Å². The van der Waals surface area contributed by atoms with Crippen molar-refractivity contribution >= 4 is 17.4 Å². The van der Waals surface area contributed by atoms with Gasteiger partial charge in [0.05, 0.1) is 24.8 Å². The van der Waals surface area contributed by atoms with E-state index in [4.69, 9.17) is 26.3 Å². The maximum absolute atomic E-state index is 8.96. The Bertz CT molecular complexity index is 490. The molecule has 0 amide bonds. The van der Waals surface area contributed by atoms with Crippen molar-refractivity contribution in [2.24, 2.45) is 5.92 Å². The van der Waals surface area contributed by atoms with Crippen molar-refractivity contribution in [1.29, 1.82) is 5.26 Å². The van der Waals surface area contributed by atoms with E-state index in [1.807, 2.05) is 12.1 Å². The highest BCUT2D eigenvalue weighted by Gasteiger charge is 2.24. The summed E-state index contributed by atoms with van der Waals surface area (Å²) in [4.78, 5) is 6.46. The van der Waals surface area contributed by atoms with E-state index in [2.05, 4.69) is 9.88 Å². The summed E-state index contributed by atoms with van der Waals surface area (Å²) in [5.41, 5.74) is 0.281. The fourth-order valence-electron chi connectivity index (χ4n) is 2.26. The summed E-state index contributed by atoms with van der Waals surface area (Å²) in [5.74, 6) is 1.31. The topological polar surface area (TPSA) is 58.4 Å². The van der Waals surface area contributed by atoms with E-state index >= 15 is 0 Å². The number of pyridine rings is 1. The molecule has 1 atom stereocenters. The van der Waals surface area contributed by atoms with Crippen LogP contribution in [0.5, 0.6) is 0 Å². The Hall–Kier alpha value is -1.35. The normalized spacial score (nSPS) is 18.2. The van der Waals surface area contributed by atoms with Gasteiger partial charge >= 0.3 is 0 Å². The highest BCUT2D eigenvalue weighted by Crippen LogP contribution is 2.24. The van der Waals surface area contributed by atoms with E-state index in [0.717, 1.165) is 31.9 Å². The second kappa shape index (κ2) is 7.44. The first-order chi connectivity index (χ1) is 9.74. The summed E-state index contributed by atoms with van der Waals surface area (Å²) in [6.07, 6.45) is 1.07. The summed E-state index contributed by atoms with van der Waals surface area (Å²) in [7, 11) is 1.67. The van der Waals surface area contributed by atoms with Crippen LogP contribution < -0.4 is 4.90 Å². The average Bonchev–Trinajstić information content (AvgIpc) is 2.93. The molecule has 1 saturated heterocycles. The van der Waals surface area contributed by atoms with Crippen molar-refractivity contribution < 1.29 is 9.47 Å². The quantitative estimate of drug-likeness (QED) is 0.752. The molecule has 0 aliphatic carbocycles. The summed E-state index contributed by atoms with van der Waals surface area (Å²) in [6.45, 7) is 3.81. The molecule has 2 rings (SSSR count). The minimum absolute atomic E-state index is 0.281. The Morgan fingerprint density at radius 2 is 2.35 bits per heavy atom. The molecule has 6 heteroatoms. The van der Waals surface area contributed by atoms with Gasteiger partial charge in [0.2, 0.25) is 0 Å². The summed E-state index contributed by atoms with van der Waals surface area (Å²) >= 11 is 5.89. The maximum atomic E-state index is 8.96. The minimum atomic E-state index is 0.281. The van der Waals surface area contributed by atoms with Crippen LogP contribution in [0.3, 0.4) is 0 Å². The van der Waals surface area contributed by atoms with Crippen molar-refractivity contribution in [1.82, 2.24) is 4.98 Å². The van der Waals surface area contributed by atoms with Crippen molar-refractivity contribution in [3.05, 3.63) is 22.8 Å². The lowest BCUT2D eigenvalue weighted by Gasteiger charge is -2.18. The van der Waals surface area contributed by atoms with Gasteiger partial charge < -0.3 is 14.4 Å². The molecule has 1 fully saturated rings. The van der Waals surface area contributed by atoms with Gasteiger partial charge in [0.25, 0.3) is 0 Å². The molecular formula is C14H18ClN3O2. The van der Waals surface area contributed by atoms with E-state index in [1.165, 1.54) is 0 Å². The lowest BCUT2D eigenvalue weighted by molar-refractivity contribution is 0.0549. The zero-order valence-corrected chi connectivity index (χ0v) is 12.3. The molecule has 1 aliphatic heterocycles. The molecule has 0 N–H and O–H groups in total. The van der Waals surface area contributed by atoms with Crippen LogP contribution in [0.4, 0.5) is 5.82 Å². The van der Waals surface area contributed by atoms with Crippen LogP contribution in [-0.4, -0.2) is 45.0 Å². The third-order valence-corrected chi connectivity index (χ3v) is 3.64. The fourth-order valence-corrected chi connectivity index (χ4v) is 2.40. The smallest absolute Gasteiger partial charge is 0.161 e. The Balaban J connectivity index is 1.88. The van der Waals surface area contributed by atoms with Gasteiger partial charge in [-0.25, -0.2) is 4.98 Å². The number of rotatable bonds is 6. The summed E-state index contributed by atoms with van der Waals surface area (Å²) < 4.78 is 10.5. The van der Waals surface area contributed by atoms with Crippen LogP contribution in [0.15, 0.2) is 12.1 Å². The largest absolute Gasteiger partial charge is 0.382 e. The van der Waals surface area contributed by atoms with E-state index in [0.29, 0.717) is 24.2 Å². The molecule has 1 aromatic heterocycles. The number of aromatic nitrogens is 1. The molecule has 0 saturated carbocycles. The van der Waals surface area contributed by atoms with Crippen LogP contribution in [0.25, 0.3) is 0 Å². The molecule has 108 valence electrons. The van der Waals surface area contributed by atoms with Gasteiger partial charge in [0, 0.05) is 26.1 Å². The van der Waals surface area contributed by atoms with Crippen LogP contribution in [0, 0.1) is 17.2 Å². The van der Waals surface area contributed by atoms with Gasteiger partial charge in [-0.2, -0.15) is 5.26 Å². The SMILES string of the molecule is COCCOCC1CCN(c2ccc(Cl)c(C#N)n2)C1. The Kier molecular flexibility index (Phi) is 5.60. The molecule has 0 aromatic carbocycles. The van der Waals surface area contributed by atoms with Crippen molar-refractivity contribution in [3.8, 4) is 6.07 Å². The third-order valence-electron chi connectivity index (χ3n) is 3.33. The molecule has 5 nitrogen and oxygen atoms in total. The molecule has 20 heavy (non-hydrogen) atoms. The minimum Gasteiger partial charge on any atom is -0.382 e. The Morgan fingerprint density at radius 3 is 3.10 bits per heavy atom. The van der Waals surface area contributed by atoms with Crippen LogP contribution in [0.2, 0.25) is 5.02 Å². The van der Waals surface area contributed by atoms with Gasteiger partial charge in [-0.3, -0.25) is 0 Å². The molecule has 2 heterocycles. The molecular weight excluding hydrogens is 278 g/mol. The lowest BCUT2D eigenvalue weighted by Crippen LogP contribution is -2.22. The van der Waals surface area contributed by atoms with E-state index in [-0.39, 0.29) is 5.69 Å². The first-order valence-electron chi connectivity index (χ1n) is 6.63. The molecule has 0 bridgehead atoms. The van der Waals surface area contributed by atoms with Gasteiger partial charge in [-0.1, -0.05) is 11.6 Å². The number of methoxy groups -OCH3 is 1. The predicted octanol–water partition coefficient (Wildman–Crippen LogP) is 2.10. The maximum Gasteiger partial charge on any atom is 0.161 e. The predicted molar refractivity (Wildman–Crippen MR) is 77.0 cm³/mol. The van der Waals surface area contributed by atoms with E-state index in [9.17, 15) is 0 Å². The number of ether oxygens (including phenoxy) is 2. The summed E-state index contributed by atoms with van der Waals surface area (Å²) in [6, 6.07) is 5.60. The number of hydrogen-bond donors (Lipinski definition) is 0. The monoisotopic (exact) mass is 295 g/mol. The summed E-state index contributed by atoms with van der Waals surface area (Å²) in [5, 5.41) is 9.36. The Morgan fingerprint density at radius 1 is 1.50 bits per heavy atom. The molecule has 1 aliphatic rings. The van der Waals surface area contributed by atoms with Crippen LogP contribution >= 0.6 is 11.6 Å². The second-order valence-electron chi connectivity index (χ2n) is 4.78. The lowest BCUT2D eigenvalue weighted by atomic mass is 10.1. The highest BCUT2D eigenvalue weighted by atomic mass is 35.5.